The monoisotopic (exact) mass is 411 g/mol. The fourth-order valence-corrected chi connectivity index (χ4v) is 8.04. The lowest BCUT2D eigenvalue weighted by Gasteiger charge is -2.35. The van der Waals surface area contributed by atoms with Gasteiger partial charge in [-0.15, -0.1) is 0 Å². The summed E-state index contributed by atoms with van der Waals surface area (Å²) in [6, 6.07) is 37.4. The Labute approximate surface area is 177 Å². The number of nitrogens with zero attached hydrogens (tertiary/aromatic N) is 2. The molecule has 0 aliphatic carbocycles. The molecule has 146 valence electrons. The van der Waals surface area contributed by atoms with Gasteiger partial charge in [-0.05, 0) is 72.8 Å². The molecule has 0 N–H and O–H groups in total. The Morgan fingerprint density at radius 2 is 1.13 bits per heavy atom. The number of benzene rings is 4. The van der Waals surface area contributed by atoms with E-state index in [9.17, 15) is 9.65 Å². The summed E-state index contributed by atoms with van der Waals surface area (Å²) in [5.74, 6) is -0.251. The molecule has 0 atom stereocenters. The predicted molar refractivity (Wildman–Crippen MR) is 125 cm³/mol. The summed E-state index contributed by atoms with van der Waals surface area (Å²) in [5.41, 5.74) is 1.62. The van der Waals surface area contributed by atoms with Crippen LogP contribution < -0.4 is 20.6 Å². The van der Waals surface area contributed by atoms with Gasteiger partial charge in [0.1, 0.15) is 21.7 Å². The normalized spacial score (nSPS) is 11.0. The zero-order valence-corrected chi connectivity index (χ0v) is 17.5. The van der Waals surface area contributed by atoms with Crippen LogP contribution in [0.4, 0.5) is 10.1 Å². The number of anilines is 1. The molecule has 30 heavy (non-hydrogen) atoms. The Kier molecular flexibility index (Phi) is 5.61. The topological polar surface area (TPSA) is 27.0 Å². The van der Waals surface area contributed by atoms with Crippen LogP contribution >= 0.6 is 7.41 Å². The van der Waals surface area contributed by atoms with Gasteiger partial charge in [-0.1, -0.05) is 36.4 Å². The standard InChI is InChI=1S/C26H21FN2P/c1-29(23-16-12-21(20-28)13-17-23)30(24-8-4-2-5-9-24,25-10-6-3-7-11-25)26-18-14-22(27)15-19-26/h2-19H,1H3/q+1. The fourth-order valence-electron chi connectivity index (χ4n) is 3.84. The molecule has 4 rings (SSSR count). The molecule has 4 heteroatoms. The highest BCUT2D eigenvalue weighted by molar-refractivity contribution is 7.96. The van der Waals surface area contributed by atoms with Crippen molar-refractivity contribution in [2.45, 2.75) is 0 Å². The maximum Gasteiger partial charge on any atom is 0.202 e. The molecule has 0 saturated carbocycles. The molecule has 0 aliphatic heterocycles. The lowest BCUT2D eigenvalue weighted by atomic mass is 10.2. The van der Waals surface area contributed by atoms with Crippen LogP contribution in [0.2, 0.25) is 0 Å². The van der Waals surface area contributed by atoms with Crippen molar-refractivity contribution in [2.24, 2.45) is 0 Å². The fraction of sp³-hybridized carbons (Fsp3) is 0.0385. The van der Waals surface area contributed by atoms with Gasteiger partial charge < -0.3 is 0 Å². The lowest BCUT2D eigenvalue weighted by Crippen LogP contribution is -2.41. The molecule has 0 aromatic heterocycles. The molecule has 0 heterocycles. The van der Waals surface area contributed by atoms with Crippen molar-refractivity contribution in [1.29, 1.82) is 5.26 Å². The largest absolute Gasteiger partial charge is 0.237 e. The van der Waals surface area contributed by atoms with E-state index in [0.717, 1.165) is 11.0 Å². The molecule has 0 bridgehead atoms. The highest BCUT2D eigenvalue weighted by Gasteiger charge is 2.50. The minimum atomic E-state index is -2.33. The summed E-state index contributed by atoms with van der Waals surface area (Å²) in [7, 11) is -0.244. The number of hydrogen-bond acceptors (Lipinski definition) is 2. The molecular weight excluding hydrogens is 390 g/mol. The Balaban J connectivity index is 2.04. The SMILES string of the molecule is CN(c1ccc(C#N)cc1)[P+](c1ccccc1)(c1ccccc1)c1ccc(F)cc1. The molecular formula is C26H21FN2P+. The Hall–Kier alpha value is -3.47. The summed E-state index contributed by atoms with van der Waals surface area (Å²) < 4.78 is 16.2. The highest BCUT2D eigenvalue weighted by atomic mass is 31.2. The van der Waals surface area contributed by atoms with E-state index in [1.54, 1.807) is 0 Å². The zero-order valence-electron chi connectivity index (χ0n) is 16.6. The molecule has 0 unspecified atom stereocenters. The first-order valence-corrected chi connectivity index (χ1v) is 11.4. The van der Waals surface area contributed by atoms with Crippen LogP contribution in [-0.2, 0) is 0 Å². The van der Waals surface area contributed by atoms with Crippen LogP contribution in [0.3, 0.4) is 0 Å². The second-order valence-corrected chi connectivity index (χ2v) is 10.4. The van der Waals surface area contributed by atoms with E-state index in [0.29, 0.717) is 5.56 Å². The van der Waals surface area contributed by atoms with Gasteiger partial charge in [0.2, 0.25) is 7.41 Å². The molecule has 4 aromatic carbocycles. The molecule has 0 aliphatic rings. The number of nitriles is 1. The van der Waals surface area contributed by atoms with Crippen molar-refractivity contribution in [3.63, 3.8) is 0 Å². The molecule has 0 spiro atoms. The summed E-state index contributed by atoms with van der Waals surface area (Å²) in [6.45, 7) is 0. The predicted octanol–water partition coefficient (Wildman–Crippen LogP) is 5.04. The van der Waals surface area contributed by atoms with Gasteiger partial charge in [-0.2, -0.15) is 5.26 Å². The average molecular weight is 411 g/mol. The van der Waals surface area contributed by atoms with Gasteiger partial charge in [0.05, 0.1) is 17.3 Å². The lowest BCUT2D eigenvalue weighted by molar-refractivity contribution is 0.628. The second-order valence-electron chi connectivity index (χ2n) is 6.97. The number of rotatable bonds is 5. The van der Waals surface area contributed by atoms with Gasteiger partial charge in [0.25, 0.3) is 0 Å². The van der Waals surface area contributed by atoms with Crippen molar-refractivity contribution >= 4 is 29.0 Å². The smallest absolute Gasteiger partial charge is 0.202 e. The molecule has 0 fully saturated rings. The van der Waals surface area contributed by atoms with Gasteiger partial charge in [-0.3, -0.25) is 0 Å². The third-order valence-corrected chi connectivity index (χ3v) is 9.55. The quantitative estimate of drug-likeness (QED) is 0.430. The maximum absolute atomic E-state index is 13.9. The van der Waals surface area contributed by atoms with Gasteiger partial charge in [0, 0.05) is 7.05 Å². The average Bonchev–Trinajstić information content (AvgIpc) is 2.82. The van der Waals surface area contributed by atoms with E-state index in [1.165, 1.54) is 22.7 Å². The van der Waals surface area contributed by atoms with Crippen molar-refractivity contribution in [3.05, 3.63) is 121 Å². The molecule has 2 nitrogen and oxygen atoms in total. The van der Waals surface area contributed by atoms with Crippen LogP contribution in [0.1, 0.15) is 5.56 Å². The van der Waals surface area contributed by atoms with E-state index in [1.807, 2.05) is 72.8 Å². The van der Waals surface area contributed by atoms with Crippen molar-refractivity contribution in [3.8, 4) is 6.07 Å². The van der Waals surface area contributed by atoms with Gasteiger partial charge in [-0.25, -0.2) is 9.06 Å². The number of halogens is 1. The maximum atomic E-state index is 13.9. The summed E-state index contributed by atoms with van der Waals surface area (Å²) in [4.78, 5) is 0. The van der Waals surface area contributed by atoms with Crippen LogP contribution in [0.5, 0.6) is 0 Å². The van der Waals surface area contributed by atoms with E-state index < -0.39 is 7.41 Å². The molecule has 4 aromatic rings. The van der Waals surface area contributed by atoms with Crippen LogP contribution in [0.15, 0.2) is 109 Å². The molecule has 0 saturated heterocycles. The summed E-state index contributed by atoms with van der Waals surface area (Å²) in [5, 5.41) is 12.6. The van der Waals surface area contributed by atoms with E-state index in [2.05, 4.69) is 42.1 Å². The third-order valence-electron chi connectivity index (χ3n) is 5.28. The minimum absolute atomic E-state index is 0.251. The van der Waals surface area contributed by atoms with Crippen LogP contribution in [-0.4, -0.2) is 7.05 Å². The van der Waals surface area contributed by atoms with E-state index in [4.69, 9.17) is 0 Å². The zero-order chi connectivity index (χ0) is 21.0. The van der Waals surface area contributed by atoms with Crippen molar-refractivity contribution in [2.75, 3.05) is 11.7 Å². The van der Waals surface area contributed by atoms with Crippen LogP contribution in [0.25, 0.3) is 0 Å². The minimum Gasteiger partial charge on any atom is -0.237 e. The first kappa shape index (κ1) is 19.8. The first-order valence-electron chi connectivity index (χ1n) is 9.67. The van der Waals surface area contributed by atoms with Gasteiger partial charge >= 0.3 is 0 Å². The first-order chi connectivity index (χ1) is 14.7. The Bertz CT molecular complexity index is 1110. The summed E-state index contributed by atoms with van der Waals surface area (Å²) >= 11 is 0. The third kappa shape index (κ3) is 3.47. The Morgan fingerprint density at radius 1 is 0.667 bits per heavy atom. The highest BCUT2D eigenvalue weighted by Crippen LogP contribution is 2.59. The number of hydrogen-bond donors (Lipinski definition) is 0. The van der Waals surface area contributed by atoms with Crippen molar-refractivity contribution in [1.82, 2.24) is 0 Å². The van der Waals surface area contributed by atoms with Crippen molar-refractivity contribution < 1.29 is 4.39 Å². The van der Waals surface area contributed by atoms with E-state index >= 15 is 0 Å². The van der Waals surface area contributed by atoms with E-state index in [-0.39, 0.29) is 5.82 Å². The molecule has 0 amide bonds. The second kappa shape index (κ2) is 8.49. The van der Waals surface area contributed by atoms with Crippen LogP contribution in [0, 0.1) is 17.1 Å². The summed E-state index contributed by atoms with van der Waals surface area (Å²) in [6.07, 6.45) is 0. The van der Waals surface area contributed by atoms with Gasteiger partial charge in [0.15, 0.2) is 0 Å². The Morgan fingerprint density at radius 3 is 1.60 bits per heavy atom. The molecule has 0 radical (unpaired) electrons.